The Labute approximate surface area is 84.0 Å². The van der Waals surface area contributed by atoms with E-state index in [1.165, 1.54) is 20.0 Å². The number of hydrogen-bond donors (Lipinski definition) is 1. The van der Waals surface area contributed by atoms with Crippen LogP contribution >= 0.6 is 0 Å². The molecule has 2 atom stereocenters. The summed E-state index contributed by atoms with van der Waals surface area (Å²) in [6.45, 7) is 2.77. The number of esters is 1. The van der Waals surface area contributed by atoms with Crippen LogP contribution < -0.4 is 5.32 Å². The standard InChI is InChI=1S/C10H17NO3/c1-7-4-3-5-8(7)6-11-9(12)10(13)14-2/h7-8H,3-6H2,1-2H3,(H,11,12). The van der Waals surface area contributed by atoms with Gasteiger partial charge in [-0.3, -0.25) is 4.79 Å². The van der Waals surface area contributed by atoms with Crippen molar-refractivity contribution in [1.29, 1.82) is 0 Å². The highest BCUT2D eigenvalue weighted by molar-refractivity contribution is 6.32. The molecular weight excluding hydrogens is 182 g/mol. The summed E-state index contributed by atoms with van der Waals surface area (Å²) >= 11 is 0. The number of hydrogen-bond acceptors (Lipinski definition) is 3. The molecule has 0 heterocycles. The lowest BCUT2D eigenvalue weighted by molar-refractivity contribution is -0.152. The van der Waals surface area contributed by atoms with E-state index in [0.29, 0.717) is 18.4 Å². The van der Waals surface area contributed by atoms with Gasteiger partial charge in [-0.25, -0.2) is 4.79 Å². The SMILES string of the molecule is COC(=O)C(=O)NCC1CCCC1C. The van der Waals surface area contributed by atoms with Gasteiger partial charge < -0.3 is 10.1 Å². The lowest BCUT2D eigenvalue weighted by atomic mass is 9.98. The minimum atomic E-state index is -0.810. The summed E-state index contributed by atoms with van der Waals surface area (Å²) in [6, 6.07) is 0. The van der Waals surface area contributed by atoms with E-state index in [4.69, 9.17) is 0 Å². The number of methoxy groups -OCH3 is 1. The van der Waals surface area contributed by atoms with Gasteiger partial charge in [0.25, 0.3) is 0 Å². The molecule has 1 amide bonds. The maximum atomic E-state index is 11.1. The molecule has 1 N–H and O–H groups in total. The predicted octanol–water partition coefficient (Wildman–Crippen LogP) is 0.712. The molecule has 1 fully saturated rings. The topological polar surface area (TPSA) is 55.4 Å². The van der Waals surface area contributed by atoms with Crippen molar-refractivity contribution in [2.45, 2.75) is 26.2 Å². The molecule has 4 nitrogen and oxygen atoms in total. The summed E-state index contributed by atoms with van der Waals surface area (Å²) in [7, 11) is 1.21. The Hall–Kier alpha value is -1.06. The molecule has 0 spiro atoms. The van der Waals surface area contributed by atoms with Gasteiger partial charge in [-0.05, 0) is 18.3 Å². The van der Waals surface area contributed by atoms with E-state index in [-0.39, 0.29) is 0 Å². The van der Waals surface area contributed by atoms with E-state index in [1.54, 1.807) is 0 Å². The molecule has 1 aliphatic carbocycles. The molecule has 14 heavy (non-hydrogen) atoms. The van der Waals surface area contributed by atoms with Crippen LogP contribution in [0.4, 0.5) is 0 Å². The minimum Gasteiger partial charge on any atom is -0.462 e. The summed E-state index contributed by atoms with van der Waals surface area (Å²) in [5.41, 5.74) is 0. The Balaban J connectivity index is 2.26. The number of ether oxygens (including phenoxy) is 1. The van der Waals surface area contributed by atoms with Crippen molar-refractivity contribution < 1.29 is 14.3 Å². The number of nitrogens with one attached hydrogen (secondary N) is 1. The summed E-state index contributed by atoms with van der Waals surface area (Å²) in [5.74, 6) is -0.279. The van der Waals surface area contributed by atoms with Crippen molar-refractivity contribution in [3.05, 3.63) is 0 Å². The quantitative estimate of drug-likeness (QED) is 0.526. The molecule has 0 aromatic rings. The zero-order valence-corrected chi connectivity index (χ0v) is 8.71. The third kappa shape index (κ3) is 2.72. The second-order valence-electron chi connectivity index (χ2n) is 3.87. The first-order valence-electron chi connectivity index (χ1n) is 5.01. The molecule has 4 heteroatoms. The molecule has 0 radical (unpaired) electrons. The van der Waals surface area contributed by atoms with E-state index in [2.05, 4.69) is 17.0 Å². The van der Waals surface area contributed by atoms with Gasteiger partial charge in [-0.2, -0.15) is 0 Å². The Bertz CT molecular complexity index is 227. The molecule has 0 aliphatic heterocycles. The molecule has 0 aromatic carbocycles. The van der Waals surface area contributed by atoms with Crippen LogP contribution in [0.25, 0.3) is 0 Å². The minimum absolute atomic E-state index is 0.517. The van der Waals surface area contributed by atoms with Crippen LogP contribution in [-0.4, -0.2) is 25.5 Å². The molecule has 1 rings (SSSR count). The second-order valence-corrected chi connectivity index (χ2v) is 3.87. The number of amides is 1. The number of carbonyl (C=O) groups is 2. The van der Waals surface area contributed by atoms with Gasteiger partial charge in [0.05, 0.1) is 7.11 Å². The van der Waals surface area contributed by atoms with Gasteiger partial charge in [-0.15, -0.1) is 0 Å². The molecular formula is C10H17NO3. The van der Waals surface area contributed by atoms with Crippen molar-refractivity contribution in [3.63, 3.8) is 0 Å². The van der Waals surface area contributed by atoms with Gasteiger partial charge in [0, 0.05) is 6.54 Å². The predicted molar refractivity (Wildman–Crippen MR) is 51.5 cm³/mol. The Morgan fingerprint density at radius 1 is 1.43 bits per heavy atom. The fraction of sp³-hybridized carbons (Fsp3) is 0.800. The van der Waals surface area contributed by atoms with Crippen molar-refractivity contribution in [2.75, 3.05) is 13.7 Å². The van der Waals surface area contributed by atoms with Crippen LogP contribution in [0, 0.1) is 11.8 Å². The Kier molecular flexibility index (Phi) is 3.92. The highest BCUT2D eigenvalue weighted by Gasteiger charge is 2.24. The average Bonchev–Trinajstić information content (AvgIpc) is 2.59. The third-order valence-corrected chi connectivity index (χ3v) is 2.93. The number of rotatable bonds is 2. The summed E-state index contributed by atoms with van der Waals surface area (Å²) in [6.07, 6.45) is 3.58. The van der Waals surface area contributed by atoms with Crippen LogP contribution in [0.3, 0.4) is 0 Å². The second kappa shape index (κ2) is 4.98. The largest absolute Gasteiger partial charge is 0.462 e. The Morgan fingerprint density at radius 2 is 2.14 bits per heavy atom. The van der Waals surface area contributed by atoms with Crippen molar-refractivity contribution in [3.8, 4) is 0 Å². The van der Waals surface area contributed by atoms with E-state index in [9.17, 15) is 9.59 Å². The van der Waals surface area contributed by atoms with Gasteiger partial charge in [0.1, 0.15) is 0 Å². The first-order chi connectivity index (χ1) is 6.65. The first-order valence-corrected chi connectivity index (χ1v) is 5.01. The zero-order valence-electron chi connectivity index (χ0n) is 8.71. The first kappa shape index (κ1) is 11.0. The van der Waals surface area contributed by atoms with Gasteiger partial charge in [0.2, 0.25) is 0 Å². The smallest absolute Gasteiger partial charge is 0.396 e. The lowest BCUT2D eigenvalue weighted by Crippen LogP contribution is -2.35. The molecule has 80 valence electrons. The maximum absolute atomic E-state index is 11.1. The van der Waals surface area contributed by atoms with E-state index < -0.39 is 11.9 Å². The van der Waals surface area contributed by atoms with Crippen LogP contribution in [0.1, 0.15) is 26.2 Å². The fourth-order valence-corrected chi connectivity index (χ4v) is 1.91. The monoisotopic (exact) mass is 199 g/mol. The highest BCUT2D eigenvalue weighted by Crippen LogP contribution is 2.30. The molecule has 0 bridgehead atoms. The molecule has 0 saturated heterocycles. The van der Waals surface area contributed by atoms with Gasteiger partial charge in [0.15, 0.2) is 0 Å². The normalized spacial score (nSPS) is 25.9. The van der Waals surface area contributed by atoms with Crippen molar-refractivity contribution in [2.24, 2.45) is 11.8 Å². The molecule has 2 unspecified atom stereocenters. The fourth-order valence-electron chi connectivity index (χ4n) is 1.91. The third-order valence-electron chi connectivity index (χ3n) is 2.93. The zero-order chi connectivity index (χ0) is 10.6. The summed E-state index contributed by atoms with van der Waals surface area (Å²) in [4.78, 5) is 21.8. The summed E-state index contributed by atoms with van der Waals surface area (Å²) in [5, 5.41) is 2.59. The van der Waals surface area contributed by atoms with Gasteiger partial charge in [-0.1, -0.05) is 19.8 Å². The molecule has 0 aromatic heterocycles. The van der Waals surface area contributed by atoms with Crippen LogP contribution in [0.15, 0.2) is 0 Å². The molecule has 1 saturated carbocycles. The highest BCUT2D eigenvalue weighted by atomic mass is 16.5. The van der Waals surface area contributed by atoms with Crippen molar-refractivity contribution in [1.82, 2.24) is 5.32 Å². The van der Waals surface area contributed by atoms with Crippen LogP contribution in [0.2, 0.25) is 0 Å². The van der Waals surface area contributed by atoms with E-state index in [1.807, 2.05) is 0 Å². The van der Waals surface area contributed by atoms with Gasteiger partial charge >= 0.3 is 11.9 Å². The maximum Gasteiger partial charge on any atom is 0.396 e. The lowest BCUT2D eigenvalue weighted by Gasteiger charge is -2.14. The summed E-state index contributed by atoms with van der Waals surface area (Å²) < 4.78 is 4.30. The number of carbonyl (C=O) groups excluding carboxylic acids is 2. The molecule has 1 aliphatic rings. The van der Waals surface area contributed by atoms with Crippen LogP contribution in [-0.2, 0) is 14.3 Å². The van der Waals surface area contributed by atoms with Crippen LogP contribution in [0.5, 0.6) is 0 Å². The van der Waals surface area contributed by atoms with E-state index in [0.717, 1.165) is 6.42 Å². The Morgan fingerprint density at radius 3 is 2.64 bits per heavy atom. The van der Waals surface area contributed by atoms with Crippen molar-refractivity contribution >= 4 is 11.9 Å². The average molecular weight is 199 g/mol. The van der Waals surface area contributed by atoms with E-state index >= 15 is 0 Å².